The SMILES string of the molecule is NC(=NC1CCCC1)N1CCC(N2CCCC2)C1. The van der Waals surface area contributed by atoms with Crippen LogP contribution in [0.4, 0.5) is 0 Å². The molecule has 2 aliphatic heterocycles. The van der Waals surface area contributed by atoms with E-state index in [1.54, 1.807) is 0 Å². The summed E-state index contributed by atoms with van der Waals surface area (Å²) in [4.78, 5) is 9.67. The van der Waals surface area contributed by atoms with Crippen molar-refractivity contribution in [1.82, 2.24) is 9.80 Å². The highest BCUT2D eigenvalue weighted by molar-refractivity contribution is 5.78. The number of nitrogens with zero attached hydrogens (tertiary/aromatic N) is 3. The van der Waals surface area contributed by atoms with Crippen molar-refractivity contribution in [3.8, 4) is 0 Å². The summed E-state index contributed by atoms with van der Waals surface area (Å²) in [5.74, 6) is 0.809. The van der Waals surface area contributed by atoms with E-state index in [0.29, 0.717) is 6.04 Å². The van der Waals surface area contributed by atoms with Gasteiger partial charge in [-0.3, -0.25) is 4.90 Å². The maximum atomic E-state index is 6.18. The van der Waals surface area contributed by atoms with Crippen molar-refractivity contribution in [2.45, 2.75) is 57.0 Å². The lowest BCUT2D eigenvalue weighted by molar-refractivity contribution is 0.249. The number of hydrogen-bond acceptors (Lipinski definition) is 2. The van der Waals surface area contributed by atoms with Crippen LogP contribution in [-0.4, -0.2) is 54.0 Å². The Labute approximate surface area is 110 Å². The lowest BCUT2D eigenvalue weighted by Crippen LogP contribution is -2.40. The van der Waals surface area contributed by atoms with Crippen LogP contribution in [0.3, 0.4) is 0 Å². The molecule has 102 valence electrons. The van der Waals surface area contributed by atoms with Crippen LogP contribution < -0.4 is 5.73 Å². The van der Waals surface area contributed by atoms with Gasteiger partial charge in [-0.25, -0.2) is 4.99 Å². The minimum absolute atomic E-state index is 0.510. The van der Waals surface area contributed by atoms with Gasteiger partial charge in [0.1, 0.15) is 0 Å². The molecule has 4 heteroatoms. The zero-order valence-electron chi connectivity index (χ0n) is 11.4. The minimum atomic E-state index is 0.510. The molecule has 1 saturated carbocycles. The van der Waals surface area contributed by atoms with E-state index in [4.69, 9.17) is 10.7 Å². The predicted octanol–water partition coefficient (Wildman–Crippen LogP) is 1.41. The van der Waals surface area contributed by atoms with Crippen molar-refractivity contribution in [1.29, 1.82) is 0 Å². The second-order valence-electron chi connectivity index (χ2n) is 6.06. The van der Waals surface area contributed by atoms with Crippen LogP contribution in [0.2, 0.25) is 0 Å². The highest BCUT2D eigenvalue weighted by atomic mass is 15.3. The minimum Gasteiger partial charge on any atom is -0.370 e. The molecule has 18 heavy (non-hydrogen) atoms. The predicted molar refractivity (Wildman–Crippen MR) is 74.7 cm³/mol. The molecule has 2 N–H and O–H groups in total. The van der Waals surface area contributed by atoms with Gasteiger partial charge in [-0.1, -0.05) is 12.8 Å². The van der Waals surface area contributed by atoms with E-state index < -0.39 is 0 Å². The Morgan fingerprint density at radius 2 is 1.67 bits per heavy atom. The van der Waals surface area contributed by atoms with E-state index in [0.717, 1.165) is 25.1 Å². The molecule has 0 aromatic heterocycles. The van der Waals surface area contributed by atoms with Crippen molar-refractivity contribution in [2.24, 2.45) is 10.7 Å². The Bertz CT molecular complexity index is 303. The normalized spacial score (nSPS) is 31.7. The Morgan fingerprint density at radius 1 is 0.944 bits per heavy atom. The van der Waals surface area contributed by atoms with E-state index in [1.807, 2.05) is 0 Å². The van der Waals surface area contributed by atoms with Gasteiger partial charge in [0.05, 0.1) is 6.04 Å². The monoisotopic (exact) mass is 250 g/mol. The van der Waals surface area contributed by atoms with E-state index in [2.05, 4.69) is 9.80 Å². The Hall–Kier alpha value is -0.770. The summed E-state index contributed by atoms with van der Waals surface area (Å²) in [5, 5.41) is 0. The molecule has 1 aliphatic carbocycles. The van der Waals surface area contributed by atoms with E-state index in [1.165, 1.54) is 58.0 Å². The standard InChI is InChI=1S/C14H26N4/c15-14(16-12-5-1-2-6-12)18-10-7-13(11-18)17-8-3-4-9-17/h12-13H,1-11H2,(H2,15,16). The van der Waals surface area contributed by atoms with Crippen LogP contribution in [-0.2, 0) is 0 Å². The van der Waals surface area contributed by atoms with Gasteiger partial charge in [0.2, 0.25) is 0 Å². The summed E-state index contributed by atoms with van der Waals surface area (Å²) in [5.41, 5.74) is 6.18. The summed E-state index contributed by atoms with van der Waals surface area (Å²) in [6, 6.07) is 1.24. The highest BCUT2D eigenvalue weighted by Gasteiger charge is 2.30. The molecule has 3 rings (SSSR count). The third-order valence-electron chi connectivity index (χ3n) is 4.78. The molecule has 0 aromatic carbocycles. The lowest BCUT2D eigenvalue weighted by Gasteiger charge is -2.24. The summed E-state index contributed by atoms with van der Waals surface area (Å²) in [6.07, 6.45) is 9.16. The van der Waals surface area contributed by atoms with Gasteiger partial charge in [-0.05, 0) is 45.2 Å². The number of likely N-dealkylation sites (tertiary alicyclic amines) is 2. The van der Waals surface area contributed by atoms with Crippen molar-refractivity contribution in [3.63, 3.8) is 0 Å². The lowest BCUT2D eigenvalue weighted by atomic mass is 10.2. The third-order valence-corrected chi connectivity index (χ3v) is 4.78. The fourth-order valence-corrected chi connectivity index (χ4v) is 3.66. The van der Waals surface area contributed by atoms with Gasteiger partial charge < -0.3 is 10.6 Å². The second kappa shape index (κ2) is 5.47. The van der Waals surface area contributed by atoms with Crippen molar-refractivity contribution < 1.29 is 0 Å². The molecule has 1 atom stereocenters. The fraction of sp³-hybridized carbons (Fsp3) is 0.929. The Morgan fingerprint density at radius 3 is 2.39 bits per heavy atom. The van der Waals surface area contributed by atoms with E-state index in [-0.39, 0.29) is 0 Å². The zero-order valence-corrected chi connectivity index (χ0v) is 11.4. The molecule has 0 bridgehead atoms. The summed E-state index contributed by atoms with van der Waals surface area (Å²) < 4.78 is 0. The van der Waals surface area contributed by atoms with Crippen LogP contribution in [0, 0.1) is 0 Å². The maximum absolute atomic E-state index is 6.18. The summed E-state index contributed by atoms with van der Waals surface area (Å²) >= 11 is 0. The second-order valence-corrected chi connectivity index (χ2v) is 6.06. The zero-order chi connectivity index (χ0) is 12.4. The molecular weight excluding hydrogens is 224 g/mol. The van der Waals surface area contributed by atoms with Crippen molar-refractivity contribution in [3.05, 3.63) is 0 Å². The van der Waals surface area contributed by atoms with Crippen molar-refractivity contribution >= 4 is 5.96 Å². The van der Waals surface area contributed by atoms with E-state index >= 15 is 0 Å². The smallest absolute Gasteiger partial charge is 0.191 e. The van der Waals surface area contributed by atoms with Crippen LogP contribution in [0.15, 0.2) is 4.99 Å². The molecule has 2 heterocycles. The molecule has 4 nitrogen and oxygen atoms in total. The largest absolute Gasteiger partial charge is 0.370 e. The first-order chi connectivity index (χ1) is 8.83. The number of guanidine groups is 1. The summed E-state index contributed by atoms with van der Waals surface area (Å²) in [6.45, 7) is 4.78. The van der Waals surface area contributed by atoms with Gasteiger partial charge in [-0.15, -0.1) is 0 Å². The van der Waals surface area contributed by atoms with Crippen LogP contribution in [0.1, 0.15) is 44.9 Å². The maximum Gasteiger partial charge on any atom is 0.191 e. The third kappa shape index (κ3) is 2.63. The summed E-state index contributed by atoms with van der Waals surface area (Å²) in [7, 11) is 0. The average Bonchev–Trinajstić information content (AvgIpc) is 3.11. The highest BCUT2D eigenvalue weighted by Crippen LogP contribution is 2.23. The first-order valence-electron chi connectivity index (χ1n) is 7.65. The fourth-order valence-electron chi connectivity index (χ4n) is 3.66. The average molecular weight is 250 g/mol. The molecule has 3 aliphatic rings. The molecular formula is C14H26N4. The molecule has 0 aromatic rings. The van der Waals surface area contributed by atoms with E-state index in [9.17, 15) is 0 Å². The molecule has 0 amide bonds. The molecule has 0 radical (unpaired) electrons. The van der Waals surface area contributed by atoms with Crippen LogP contribution in [0.25, 0.3) is 0 Å². The molecule has 1 unspecified atom stereocenters. The quantitative estimate of drug-likeness (QED) is 0.595. The van der Waals surface area contributed by atoms with Gasteiger partial charge in [-0.2, -0.15) is 0 Å². The number of hydrogen-bond donors (Lipinski definition) is 1. The molecule has 0 spiro atoms. The number of rotatable bonds is 2. The molecule has 2 saturated heterocycles. The van der Waals surface area contributed by atoms with Gasteiger partial charge >= 0.3 is 0 Å². The topological polar surface area (TPSA) is 44.9 Å². The van der Waals surface area contributed by atoms with Crippen LogP contribution >= 0.6 is 0 Å². The van der Waals surface area contributed by atoms with Crippen molar-refractivity contribution in [2.75, 3.05) is 26.2 Å². The Kier molecular flexibility index (Phi) is 3.73. The number of aliphatic imine (C=N–C) groups is 1. The van der Waals surface area contributed by atoms with Crippen LogP contribution in [0.5, 0.6) is 0 Å². The number of nitrogens with two attached hydrogens (primary N) is 1. The first kappa shape index (κ1) is 12.3. The van der Waals surface area contributed by atoms with Gasteiger partial charge in [0.25, 0.3) is 0 Å². The Balaban J connectivity index is 1.54. The van der Waals surface area contributed by atoms with Gasteiger partial charge in [0.15, 0.2) is 5.96 Å². The van der Waals surface area contributed by atoms with Gasteiger partial charge in [0, 0.05) is 19.1 Å². The first-order valence-corrected chi connectivity index (χ1v) is 7.65. The molecule has 3 fully saturated rings.